The second kappa shape index (κ2) is 5.08. The summed E-state index contributed by atoms with van der Waals surface area (Å²) in [6.45, 7) is 6.63. The first-order valence-electron chi connectivity index (χ1n) is 6.98. The number of amides is 2. The third kappa shape index (κ3) is 2.07. The summed E-state index contributed by atoms with van der Waals surface area (Å²) in [6.07, 6.45) is 0.00901. The Morgan fingerprint density at radius 3 is 1.95 bits per heavy atom. The standard InChI is InChI=1S/C15H20NO4P/c1-5-21(19,20)15(4,10(2)3)16-13(17)11-8-6-7-9-12(11)14(16)18/h6-10H,5H2,1-4H3,(H,19,20). The molecule has 0 bridgehead atoms. The highest BCUT2D eigenvalue weighted by Gasteiger charge is 2.56. The highest BCUT2D eigenvalue weighted by molar-refractivity contribution is 7.59. The number of hydrogen-bond acceptors (Lipinski definition) is 3. The van der Waals surface area contributed by atoms with Gasteiger partial charge in [0, 0.05) is 6.16 Å². The molecule has 0 radical (unpaired) electrons. The Balaban J connectivity index is 2.63. The van der Waals surface area contributed by atoms with Crippen LogP contribution in [0, 0.1) is 5.92 Å². The summed E-state index contributed by atoms with van der Waals surface area (Å²) in [6, 6.07) is 6.51. The maximum Gasteiger partial charge on any atom is 0.262 e. The Kier molecular flexibility index (Phi) is 3.85. The summed E-state index contributed by atoms with van der Waals surface area (Å²) in [5.41, 5.74) is 0.593. The molecule has 1 aromatic carbocycles. The maximum atomic E-state index is 12.7. The molecule has 1 aromatic rings. The average Bonchev–Trinajstić information content (AvgIpc) is 2.70. The van der Waals surface area contributed by atoms with Crippen LogP contribution in [0.5, 0.6) is 0 Å². The molecule has 1 N–H and O–H groups in total. The zero-order chi connectivity index (χ0) is 16.0. The summed E-state index contributed by atoms with van der Waals surface area (Å²) >= 11 is 0. The Morgan fingerprint density at radius 2 is 1.62 bits per heavy atom. The number of fused-ring (bicyclic) bond motifs is 1. The number of hydrogen-bond donors (Lipinski definition) is 1. The van der Waals surface area contributed by atoms with E-state index >= 15 is 0 Å². The van der Waals surface area contributed by atoms with Gasteiger partial charge in [-0.1, -0.05) is 32.9 Å². The fourth-order valence-corrected chi connectivity index (χ4v) is 4.68. The first-order chi connectivity index (χ1) is 9.68. The smallest absolute Gasteiger partial charge is 0.262 e. The van der Waals surface area contributed by atoms with Gasteiger partial charge >= 0.3 is 0 Å². The van der Waals surface area contributed by atoms with Gasteiger partial charge in [0.1, 0.15) is 5.28 Å². The molecular formula is C15H20NO4P. The van der Waals surface area contributed by atoms with E-state index in [9.17, 15) is 19.0 Å². The minimum Gasteiger partial charge on any atom is -0.343 e. The summed E-state index contributed by atoms with van der Waals surface area (Å²) in [4.78, 5) is 36.6. The van der Waals surface area contributed by atoms with Crippen LogP contribution >= 0.6 is 7.37 Å². The normalized spacial score (nSPS) is 20.4. The van der Waals surface area contributed by atoms with Crippen LogP contribution in [0.1, 0.15) is 48.4 Å². The van der Waals surface area contributed by atoms with Gasteiger partial charge in [0.2, 0.25) is 7.37 Å². The highest BCUT2D eigenvalue weighted by atomic mass is 31.2. The van der Waals surface area contributed by atoms with Crippen molar-refractivity contribution in [1.82, 2.24) is 4.90 Å². The molecule has 0 saturated carbocycles. The van der Waals surface area contributed by atoms with E-state index in [1.165, 1.54) is 6.92 Å². The lowest BCUT2D eigenvalue weighted by Gasteiger charge is -2.43. The number of carbonyl (C=O) groups excluding carboxylic acids is 2. The van der Waals surface area contributed by atoms with Gasteiger partial charge in [-0.2, -0.15) is 0 Å². The summed E-state index contributed by atoms with van der Waals surface area (Å²) < 4.78 is 12.7. The topological polar surface area (TPSA) is 74.7 Å². The van der Waals surface area contributed by atoms with Gasteiger partial charge < -0.3 is 4.89 Å². The van der Waals surface area contributed by atoms with Crippen LogP contribution in [0.15, 0.2) is 24.3 Å². The predicted molar refractivity (Wildman–Crippen MR) is 80.6 cm³/mol. The van der Waals surface area contributed by atoms with Gasteiger partial charge in [-0.05, 0) is 25.0 Å². The van der Waals surface area contributed by atoms with Crippen LogP contribution in [0.25, 0.3) is 0 Å². The number of carbonyl (C=O) groups is 2. The predicted octanol–water partition coefficient (Wildman–Crippen LogP) is 2.95. The van der Waals surface area contributed by atoms with Gasteiger partial charge in [0.25, 0.3) is 11.8 Å². The minimum absolute atomic E-state index is 0.00901. The van der Waals surface area contributed by atoms with Crippen molar-refractivity contribution in [2.75, 3.05) is 6.16 Å². The molecule has 21 heavy (non-hydrogen) atoms. The summed E-state index contributed by atoms with van der Waals surface area (Å²) in [5.74, 6) is -1.32. The average molecular weight is 309 g/mol. The molecule has 2 amide bonds. The van der Waals surface area contributed by atoms with E-state index in [-0.39, 0.29) is 12.1 Å². The highest BCUT2D eigenvalue weighted by Crippen LogP contribution is 2.60. The Hall–Kier alpha value is -1.45. The van der Waals surface area contributed by atoms with E-state index in [2.05, 4.69) is 0 Å². The molecular weight excluding hydrogens is 289 g/mol. The minimum atomic E-state index is -3.72. The van der Waals surface area contributed by atoms with E-state index in [0.717, 1.165) is 4.90 Å². The lowest BCUT2D eigenvalue weighted by atomic mass is 10.0. The van der Waals surface area contributed by atoms with Crippen LogP contribution in [-0.2, 0) is 4.57 Å². The molecule has 0 aliphatic carbocycles. The molecule has 0 spiro atoms. The molecule has 1 aliphatic rings. The van der Waals surface area contributed by atoms with E-state index in [1.54, 1.807) is 45.0 Å². The summed E-state index contributed by atoms with van der Waals surface area (Å²) in [7, 11) is -3.72. The van der Waals surface area contributed by atoms with Crippen molar-refractivity contribution in [3.63, 3.8) is 0 Å². The Labute approximate surface area is 124 Å². The number of nitrogens with zero attached hydrogens (tertiary/aromatic N) is 1. The molecule has 2 atom stereocenters. The number of imide groups is 1. The van der Waals surface area contributed by atoms with Crippen molar-refractivity contribution in [3.05, 3.63) is 35.4 Å². The molecule has 114 valence electrons. The molecule has 0 fully saturated rings. The third-order valence-electron chi connectivity index (χ3n) is 4.48. The SMILES string of the molecule is CCP(=O)(O)C(C)(C(C)C)N1C(=O)c2ccccc2C1=O. The van der Waals surface area contributed by atoms with Crippen molar-refractivity contribution >= 4 is 19.2 Å². The first-order valence-corrected chi connectivity index (χ1v) is 8.82. The van der Waals surface area contributed by atoms with Crippen molar-refractivity contribution in [2.45, 2.75) is 33.0 Å². The van der Waals surface area contributed by atoms with Crippen LogP contribution in [-0.4, -0.2) is 33.0 Å². The molecule has 5 nitrogen and oxygen atoms in total. The molecule has 1 heterocycles. The lowest BCUT2D eigenvalue weighted by Crippen LogP contribution is -2.53. The van der Waals surface area contributed by atoms with E-state index in [4.69, 9.17) is 0 Å². The zero-order valence-corrected chi connectivity index (χ0v) is 13.6. The number of rotatable bonds is 4. The quantitative estimate of drug-likeness (QED) is 0.685. The van der Waals surface area contributed by atoms with E-state index in [1.807, 2.05) is 0 Å². The van der Waals surface area contributed by atoms with Gasteiger partial charge in [0.15, 0.2) is 0 Å². The first kappa shape index (κ1) is 15.9. The Morgan fingerprint density at radius 1 is 1.19 bits per heavy atom. The zero-order valence-electron chi connectivity index (χ0n) is 12.7. The Bertz CT molecular complexity index is 620. The fraction of sp³-hybridized carbons (Fsp3) is 0.467. The van der Waals surface area contributed by atoms with Gasteiger partial charge in [0.05, 0.1) is 11.1 Å². The fourth-order valence-electron chi connectivity index (χ4n) is 2.74. The second-order valence-electron chi connectivity index (χ2n) is 5.76. The van der Waals surface area contributed by atoms with Crippen LogP contribution in [0.3, 0.4) is 0 Å². The lowest BCUT2D eigenvalue weighted by molar-refractivity contribution is 0.0482. The van der Waals surface area contributed by atoms with Gasteiger partial charge in [-0.15, -0.1) is 0 Å². The molecule has 2 rings (SSSR count). The van der Waals surface area contributed by atoms with Crippen LogP contribution < -0.4 is 0 Å². The molecule has 0 saturated heterocycles. The van der Waals surface area contributed by atoms with Gasteiger partial charge in [-0.3, -0.25) is 19.1 Å². The molecule has 0 aromatic heterocycles. The van der Waals surface area contributed by atoms with E-state index in [0.29, 0.717) is 11.1 Å². The van der Waals surface area contributed by atoms with Crippen molar-refractivity contribution in [3.8, 4) is 0 Å². The third-order valence-corrected chi connectivity index (χ3v) is 7.46. The van der Waals surface area contributed by atoms with Crippen LogP contribution in [0.4, 0.5) is 0 Å². The summed E-state index contributed by atoms with van der Waals surface area (Å²) in [5, 5.41) is -1.41. The van der Waals surface area contributed by atoms with Gasteiger partial charge in [-0.25, -0.2) is 0 Å². The van der Waals surface area contributed by atoms with Crippen molar-refractivity contribution < 1.29 is 19.0 Å². The van der Waals surface area contributed by atoms with Crippen molar-refractivity contribution in [1.29, 1.82) is 0 Å². The number of benzene rings is 1. The monoisotopic (exact) mass is 309 g/mol. The van der Waals surface area contributed by atoms with E-state index < -0.39 is 24.5 Å². The molecule has 1 aliphatic heterocycles. The largest absolute Gasteiger partial charge is 0.343 e. The second-order valence-corrected chi connectivity index (χ2v) is 8.70. The van der Waals surface area contributed by atoms with Crippen molar-refractivity contribution in [2.24, 2.45) is 5.92 Å². The molecule has 6 heteroatoms. The van der Waals surface area contributed by atoms with Crippen LogP contribution in [0.2, 0.25) is 0 Å². The molecule has 2 unspecified atom stereocenters. The maximum absolute atomic E-state index is 12.7.